The second-order valence-electron chi connectivity index (χ2n) is 8.52. The summed E-state index contributed by atoms with van der Waals surface area (Å²) in [5, 5.41) is 10.1. The number of nitrogens with zero attached hydrogens (tertiary/aromatic N) is 1. The predicted molar refractivity (Wildman–Crippen MR) is 119 cm³/mol. The van der Waals surface area contributed by atoms with Crippen LogP contribution in [-0.4, -0.2) is 37.6 Å². The zero-order valence-electron chi connectivity index (χ0n) is 17.3. The molecule has 0 saturated heterocycles. The van der Waals surface area contributed by atoms with Crippen molar-refractivity contribution < 1.29 is 23.1 Å². The fraction of sp³-hybridized carbons (Fsp3) is 0.391. The Kier molecular flexibility index (Phi) is 5.60. The molecule has 2 aliphatic rings. The molecule has 0 bridgehead atoms. The summed E-state index contributed by atoms with van der Waals surface area (Å²) in [7, 11) is -3.50. The molecule has 2 aromatic rings. The summed E-state index contributed by atoms with van der Waals surface area (Å²) in [5.41, 5.74) is 2.92. The number of anilines is 1. The van der Waals surface area contributed by atoms with Gasteiger partial charge in [0.05, 0.1) is 17.0 Å². The van der Waals surface area contributed by atoms with Gasteiger partial charge >= 0.3 is 5.97 Å². The first-order valence-electron chi connectivity index (χ1n) is 10.2. The Bertz CT molecular complexity index is 1160. The number of aliphatic carboxylic acids is 1. The maximum atomic E-state index is 12.6. The number of Topliss-reactive ketones (excluding diaryl/α,β-unsaturated/α-hetero) is 1. The number of hydrogen-bond acceptors (Lipinski definition) is 5. The van der Waals surface area contributed by atoms with Gasteiger partial charge in [-0.3, -0.25) is 9.59 Å². The molecule has 1 saturated carbocycles. The maximum Gasteiger partial charge on any atom is 0.303 e. The molecular weight excluding hydrogens is 438 g/mol. The van der Waals surface area contributed by atoms with Crippen LogP contribution in [0.4, 0.5) is 5.69 Å². The molecule has 31 heavy (non-hydrogen) atoms. The van der Waals surface area contributed by atoms with Crippen LogP contribution in [0.15, 0.2) is 41.3 Å². The highest BCUT2D eigenvalue weighted by Crippen LogP contribution is 2.54. The topological polar surface area (TPSA) is 91.8 Å². The average Bonchev–Trinajstić information content (AvgIpc) is 3.21. The fourth-order valence-corrected chi connectivity index (χ4v) is 5.96. The first kappa shape index (κ1) is 21.8. The Morgan fingerprint density at radius 3 is 2.42 bits per heavy atom. The number of sulfone groups is 1. The van der Waals surface area contributed by atoms with Gasteiger partial charge in [0.1, 0.15) is 0 Å². The molecule has 1 fully saturated rings. The quantitative estimate of drug-likeness (QED) is 0.644. The van der Waals surface area contributed by atoms with Crippen molar-refractivity contribution in [2.75, 3.05) is 11.2 Å². The number of carbonyl (C=O) groups excluding carboxylic acids is 1. The van der Waals surface area contributed by atoms with E-state index in [0.29, 0.717) is 17.1 Å². The Balaban J connectivity index is 1.88. The van der Waals surface area contributed by atoms with Gasteiger partial charge in [0, 0.05) is 35.3 Å². The van der Waals surface area contributed by atoms with Crippen LogP contribution in [0.2, 0.25) is 5.02 Å². The summed E-state index contributed by atoms with van der Waals surface area (Å²) < 4.78 is 24.6. The SMILES string of the molecule is CC(=O)c1cc(S(C)(=O)=O)cc2c1N(Cc1ccc(Cl)cc1)C1C2CC[C@@H]1CC(=O)O. The van der Waals surface area contributed by atoms with Crippen LogP contribution in [-0.2, 0) is 21.2 Å². The van der Waals surface area contributed by atoms with E-state index in [-0.39, 0.29) is 35.0 Å². The van der Waals surface area contributed by atoms with E-state index in [9.17, 15) is 23.1 Å². The van der Waals surface area contributed by atoms with E-state index in [0.717, 1.165) is 35.9 Å². The fourth-order valence-electron chi connectivity index (χ4n) is 5.16. The predicted octanol–water partition coefficient (Wildman–Crippen LogP) is 4.30. The Hall–Kier alpha value is -2.38. The summed E-state index contributed by atoms with van der Waals surface area (Å²) in [5.74, 6) is -1.15. The first-order chi connectivity index (χ1) is 14.6. The third-order valence-corrected chi connectivity index (χ3v) is 7.76. The van der Waals surface area contributed by atoms with Crippen molar-refractivity contribution in [2.45, 2.75) is 49.6 Å². The lowest BCUT2D eigenvalue weighted by Crippen LogP contribution is -2.37. The Morgan fingerprint density at radius 2 is 1.84 bits per heavy atom. The second kappa shape index (κ2) is 7.95. The smallest absolute Gasteiger partial charge is 0.303 e. The highest BCUT2D eigenvalue weighted by atomic mass is 35.5. The van der Waals surface area contributed by atoms with E-state index in [2.05, 4.69) is 4.90 Å². The highest BCUT2D eigenvalue weighted by molar-refractivity contribution is 7.90. The molecule has 6 nitrogen and oxygen atoms in total. The first-order valence-corrected chi connectivity index (χ1v) is 12.4. The third-order valence-electron chi connectivity index (χ3n) is 6.41. The minimum atomic E-state index is -3.50. The van der Waals surface area contributed by atoms with Crippen LogP contribution >= 0.6 is 11.6 Å². The van der Waals surface area contributed by atoms with Gasteiger partial charge in [-0.1, -0.05) is 23.7 Å². The highest BCUT2D eigenvalue weighted by Gasteiger charge is 2.49. The summed E-state index contributed by atoms with van der Waals surface area (Å²) in [4.78, 5) is 26.3. The number of carboxylic acids is 1. The molecule has 1 aliphatic heterocycles. The molecule has 4 rings (SSSR count). The number of carboxylic acid groups (broad SMARTS) is 1. The van der Waals surface area contributed by atoms with Crippen molar-refractivity contribution in [3.05, 3.63) is 58.1 Å². The van der Waals surface area contributed by atoms with Crippen LogP contribution in [0.1, 0.15) is 53.6 Å². The number of halogens is 1. The third kappa shape index (κ3) is 4.08. The molecule has 0 aromatic heterocycles. The molecule has 2 aromatic carbocycles. The average molecular weight is 462 g/mol. The van der Waals surface area contributed by atoms with Crippen LogP contribution < -0.4 is 4.90 Å². The maximum absolute atomic E-state index is 12.6. The van der Waals surface area contributed by atoms with Gasteiger partial charge in [0.2, 0.25) is 0 Å². The van der Waals surface area contributed by atoms with E-state index < -0.39 is 15.8 Å². The van der Waals surface area contributed by atoms with Crippen LogP contribution in [0.5, 0.6) is 0 Å². The van der Waals surface area contributed by atoms with E-state index in [1.165, 1.54) is 13.0 Å². The Labute approximate surface area is 186 Å². The molecule has 0 amide bonds. The standard InChI is InChI=1S/C23H24ClNO5S/c1-13(26)19-10-17(31(2,29)30)11-20-18-8-5-15(9-21(27)28)22(18)25(23(19)20)12-14-3-6-16(24)7-4-14/h3-4,6-7,10-11,15,18,22H,5,8-9,12H2,1-2H3,(H,27,28)/t15-,18?,22?/m1/s1. The number of hydrogen-bond donors (Lipinski definition) is 1. The van der Waals surface area contributed by atoms with Gasteiger partial charge in [0.25, 0.3) is 0 Å². The van der Waals surface area contributed by atoms with E-state index in [1.54, 1.807) is 18.2 Å². The van der Waals surface area contributed by atoms with Crippen molar-refractivity contribution in [3.8, 4) is 0 Å². The lowest BCUT2D eigenvalue weighted by atomic mass is 9.92. The lowest BCUT2D eigenvalue weighted by Gasteiger charge is -2.32. The zero-order valence-corrected chi connectivity index (χ0v) is 18.9. The van der Waals surface area contributed by atoms with Crippen LogP contribution in [0, 0.1) is 5.92 Å². The number of carbonyl (C=O) groups is 2. The number of benzene rings is 2. The van der Waals surface area contributed by atoms with Gasteiger partial charge in [0.15, 0.2) is 15.6 Å². The van der Waals surface area contributed by atoms with Crippen molar-refractivity contribution in [1.82, 2.24) is 0 Å². The van der Waals surface area contributed by atoms with E-state index >= 15 is 0 Å². The van der Waals surface area contributed by atoms with E-state index in [1.807, 2.05) is 12.1 Å². The lowest BCUT2D eigenvalue weighted by molar-refractivity contribution is -0.138. The summed E-state index contributed by atoms with van der Waals surface area (Å²) in [6.45, 7) is 1.92. The van der Waals surface area contributed by atoms with Crippen molar-refractivity contribution >= 4 is 38.9 Å². The van der Waals surface area contributed by atoms with Gasteiger partial charge in [-0.2, -0.15) is 0 Å². The summed E-state index contributed by atoms with van der Waals surface area (Å²) in [6.07, 6.45) is 2.69. The van der Waals surface area contributed by atoms with Gasteiger partial charge in [-0.15, -0.1) is 0 Å². The molecule has 1 N–H and O–H groups in total. The Morgan fingerprint density at radius 1 is 1.16 bits per heavy atom. The van der Waals surface area contributed by atoms with Crippen molar-refractivity contribution in [3.63, 3.8) is 0 Å². The molecule has 0 spiro atoms. The molecule has 1 heterocycles. The van der Waals surface area contributed by atoms with Crippen LogP contribution in [0.25, 0.3) is 0 Å². The monoisotopic (exact) mass is 461 g/mol. The van der Waals surface area contributed by atoms with Crippen molar-refractivity contribution in [1.29, 1.82) is 0 Å². The molecular formula is C23H24ClNO5S. The zero-order chi connectivity index (χ0) is 22.5. The second-order valence-corrected chi connectivity index (χ2v) is 11.0. The molecule has 2 unspecified atom stereocenters. The molecule has 8 heteroatoms. The normalized spacial score (nSPS) is 22.3. The summed E-state index contributed by atoms with van der Waals surface area (Å²) in [6, 6.07) is 10.5. The van der Waals surface area contributed by atoms with Crippen LogP contribution in [0.3, 0.4) is 0 Å². The molecule has 164 valence electrons. The minimum absolute atomic E-state index is 0.00792. The molecule has 3 atom stereocenters. The van der Waals surface area contributed by atoms with Gasteiger partial charge < -0.3 is 10.0 Å². The number of fused-ring (bicyclic) bond motifs is 3. The largest absolute Gasteiger partial charge is 0.481 e. The minimum Gasteiger partial charge on any atom is -0.481 e. The molecule has 1 aliphatic carbocycles. The number of rotatable bonds is 6. The van der Waals surface area contributed by atoms with E-state index in [4.69, 9.17) is 11.6 Å². The number of ketones is 1. The van der Waals surface area contributed by atoms with Crippen molar-refractivity contribution in [2.24, 2.45) is 5.92 Å². The summed E-state index contributed by atoms with van der Waals surface area (Å²) >= 11 is 6.03. The molecule has 0 radical (unpaired) electrons. The van der Waals surface area contributed by atoms with Gasteiger partial charge in [-0.25, -0.2) is 8.42 Å². The van der Waals surface area contributed by atoms with Gasteiger partial charge in [-0.05, 0) is 61.1 Å².